The molecule has 4 fully saturated rings. The van der Waals surface area contributed by atoms with Crippen LogP contribution in [0.4, 0.5) is 11.8 Å². The lowest BCUT2D eigenvalue weighted by molar-refractivity contribution is 0.0105. The molecule has 2 N–H and O–H groups in total. The monoisotopic (exact) mass is 350 g/mol. The lowest BCUT2D eigenvalue weighted by atomic mass is 9.53. The van der Waals surface area contributed by atoms with Crippen LogP contribution in [0.25, 0.3) is 0 Å². The minimum absolute atomic E-state index is 0.287. The van der Waals surface area contributed by atoms with Crippen molar-refractivity contribution >= 4 is 27.7 Å². The van der Waals surface area contributed by atoms with Crippen LogP contribution < -0.4 is 10.6 Å². The van der Waals surface area contributed by atoms with Crippen molar-refractivity contribution in [2.24, 2.45) is 17.8 Å². The van der Waals surface area contributed by atoms with Gasteiger partial charge < -0.3 is 10.6 Å². The van der Waals surface area contributed by atoms with E-state index >= 15 is 0 Å². The molecule has 4 nitrogen and oxygen atoms in total. The first-order valence-corrected chi connectivity index (χ1v) is 9.00. The summed E-state index contributed by atoms with van der Waals surface area (Å²) in [5.41, 5.74) is 0.287. The Hall–Kier alpha value is -0.840. The lowest BCUT2D eigenvalue weighted by Crippen LogP contribution is -2.55. The van der Waals surface area contributed by atoms with E-state index in [9.17, 15) is 0 Å². The highest BCUT2D eigenvalue weighted by Crippen LogP contribution is 2.56. The Morgan fingerprint density at radius 1 is 1.19 bits per heavy atom. The molecule has 0 radical (unpaired) electrons. The van der Waals surface area contributed by atoms with Crippen molar-refractivity contribution in [3.8, 4) is 0 Å². The van der Waals surface area contributed by atoms with Gasteiger partial charge in [-0.2, -0.15) is 4.98 Å². The largest absolute Gasteiger partial charge is 0.364 e. The molecule has 0 saturated heterocycles. The summed E-state index contributed by atoms with van der Waals surface area (Å²) in [5.74, 6) is 4.50. The zero-order valence-electron chi connectivity index (χ0n) is 12.5. The predicted octanol–water partition coefficient (Wildman–Crippen LogP) is 4.05. The molecule has 0 amide bonds. The molecule has 114 valence electrons. The summed E-state index contributed by atoms with van der Waals surface area (Å²) in [7, 11) is 0. The van der Waals surface area contributed by atoms with E-state index in [4.69, 9.17) is 0 Å². The maximum atomic E-state index is 4.66. The van der Waals surface area contributed by atoms with E-state index in [1.54, 1.807) is 0 Å². The Morgan fingerprint density at radius 2 is 1.81 bits per heavy atom. The highest BCUT2D eigenvalue weighted by atomic mass is 79.9. The Labute approximate surface area is 134 Å². The molecule has 0 unspecified atom stereocenters. The maximum absolute atomic E-state index is 4.66. The number of anilines is 2. The van der Waals surface area contributed by atoms with Crippen molar-refractivity contribution in [2.75, 3.05) is 17.2 Å². The fourth-order valence-electron chi connectivity index (χ4n) is 5.21. The summed E-state index contributed by atoms with van der Waals surface area (Å²) in [4.78, 5) is 8.97. The van der Waals surface area contributed by atoms with Gasteiger partial charge in [-0.05, 0) is 79.1 Å². The summed E-state index contributed by atoms with van der Waals surface area (Å²) in [6.07, 6.45) is 10.2. The van der Waals surface area contributed by atoms with Gasteiger partial charge in [0.15, 0.2) is 0 Å². The van der Waals surface area contributed by atoms with Gasteiger partial charge in [-0.3, -0.25) is 0 Å². The molecule has 5 heteroatoms. The average Bonchev–Trinajstić information content (AvgIpc) is 2.41. The van der Waals surface area contributed by atoms with Gasteiger partial charge in [0.2, 0.25) is 5.95 Å². The molecular formula is C16H23BrN4. The fourth-order valence-corrected chi connectivity index (χ4v) is 5.50. The van der Waals surface area contributed by atoms with E-state index in [0.717, 1.165) is 34.6 Å². The zero-order valence-corrected chi connectivity index (χ0v) is 14.1. The van der Waals surface area contributed by atoms with Crippen molar-refractivity contribution in [1.82, 2.24) is 9.97 Å². The smallest absolute Gasteiger partial charge is 0.224 e. The minimum Gasteiger partial charge on any atom is -0.364 e. The maximum Gasteiger partial charge on any atom is 0.224 e. The average molecular weight is 351 g/mol. The third-order valence-electron chi connectivity index (χ3n) is 5.50. The van der Waals surface area contributed by atoms with Crippen LogP contribution in [0.3, 0.4) is 0 Å². The summed E-state index contributed by atoms with van der Waals surface area (Å²) in [6, 6.07) is 0. The van der Waals surface area contributed by atoms with Crippen LogP contribution in [0, 0.1) is 17.8 Å². The van der Waals surface area contributed by atoms with Gasteiger partial charge in [-0.25, -0.2) is 4.98 Å². The summed E-state index contributed by atoms with van der Waals surface area (Å²) >= 11 is 3.61. The standard InChI is InChI=1S/C16H23BrN4/c1-2-18-15-19-9-13(17)14(20-15)21-16-6-10-3-11(7-16)5-12(4-10)8-16/h9-12H,2-8H2,1H3,(H2,18,19,20,21). The minimum atomic E-state index is 0.287. The second-order valence-corrected chi connectivity index (χ2v) is 8.10. The third-order valence-corrected chi connectivity index (χ3v) is 6.08. The van der Waals surface area contributed by atoms with Gasteiger partial charge in [0.25, 0.3) is 0 Å². The molecule has 1 aromatic rings. The van der Waals surface area contributed by atoms with Gasteiger partial charge in [0, 0.05) is 18.3 Å². The first-order valence-electron chi connectivity index (χ1n) is 8.20. The Balaban J connectivity index is 1.59. The lowest BCUT2D eigenvalue weighted by Gasteiger charge is -2.57. The van der Waals surface area contributed by atoms with Crippen molar-refractivity contribution in [3.63, 3.8) is 0 Å². The molecule has 0 atom stereocenters. The molecule has 5 rings (SSSR count). The number of hydrogen-bond acceptors (Lipinski definition) is 4. The van der Waals surface area contributed by atoms with Crippen molar-refractivity contribution in [1.29, 1.82) is 0 Å². The Morgan fingerprint density at radius 3 is 2.38 bits per heavy atom. The molecule has 1 heterocycles. The van der Waals surface area contributed by atoms with E-state index in [1.807, 2.05) is 6.20 Å². The van der Waals surface area contributed by atoms with Crippen LogP contribution >= 0.6 is 15.9 Å². The zero-order chi connectivity index (χ0) is 14.4. The third kappa shape index (κ3) is 2.54. The molecule has 4 bridgehead atoms. The highest BCUT2D eigenvalue weighted by molar-refractivity contribution is 9.10. The van der Waals surface area contributed by atoms with E-state index in [-0.39, 0.29) is 5.54 Å². The van der Waals surface area contributed by atoms with Crippen LogP contribution in [-0.4, -0.2) is 22.1 Å². The Bertz CT molecular complexity index is 510. The highest BCUT2D eigenvalue weighted by Gasteiger charge is 2.51. The second-order valence-electron chi connectivity index (χ2n) is 7.24. The molecule has 0 aromatic carbocycles. The topological polar surface area (TPSA) is 49.8 Å². The van der Waals surface area contributed by atoms with Gasteiger partial charge >= 0.3 is 0 Å². The van der Waals surface area contributed by atoms with E-state index in [1.165, 1.54) is 38.5 Å². The summed E-state index contributed by atoms with van der Waals surface area (Å²) in [6.45, 7) is 2.91. The Kier molecular flexibility index (Phi) is 3.36. The SMILES string of the molecule is CCNc1ncc(Br)c(NC23CC4CC(CC(C4)C2)C3)n1. The predicted molar refractivity (Wildman–Crippen MR) is 88.4 cm³/mol. The van der Waals surface area contributed by atoms with Crippen molar-refractivity contribution in [2.45, 2.75) is 51.0 Å². The van der Waals surface area contributed by atoms with Crippen LogP contribution in [-0.2, 0) is 0 Å². The van der Waals surface area contributed by atoms with Crippen LogP contribution in [0.15, 0.2) is 10.7 Å². The molecular weight excluding hydrogens is 328 g/mol. The van der Waals surface area contributed by atoms with Crippen molar-refractivity contribution < 1.29 is 0 Å². The number of halogens is 1. The molecule has 4 aliphatic carbocycles. The van der Waals surface area contributed by atoms with Crippen LogP contribution in [0.2, 0.25) is 0 Å². The normalized spacial score (nSPS) is 36.8. The second kappa shape index (κ2) is 5.11. The number of nitrogens with one attached hydrogen (secondary N) is 2. The quantitative estimate of drug-likeness (QED) is 0.859. The number of aromatic nitrogens is 2. The van der Waals surface area contributed by atoms with Gasteiger partial charge in [0.1, 0.15) is 5.82 Å². The number of hydrogen-bond donors (Lipinski definition) is 2. The number of rotatable bonds is 4. The fraction of sp³-hybridized carbons (Fsp3) is 0.750. The molecule has 0 aliphatic heterocycles. The van der Waals surface area contributed by atoms with Crippen molar-refractivity contribution in [3.05, 3.63) is 10.7 Å². The summed E-state index contributed by atoms with van der Waals surface area (Å²) in [5, 5.41) is 7.02. The van der Waals surface area contributed by atoms with Gasteiger partial charge in [-0.15, -0.1) is 0 Å². The molecule has 1 aromatic heterocycles. The molecule has 4 saturated carbocycles. The summed E-state index contributed by atoms with van der Waals surface area (Å²) < 4.78 is 0.972. The van der Waals surface area contributed by atoms with E-state index in [0.29, 0.717) is 5.95 Å². The van der Waals surface area contributed by atoms with Gasteiger partial charge in [-0.1, -0.05) is 0 Å². The van der Waals surface area contributed by atoms with Gasteiger partial charge in [0.05, 0.1) is 4.47 Å². The van der Waals surface area contributed by atoms with Crippen LogP contribution in [0.5, 0.6) is 0 Å². The van der Waals surface area contributed by atoms with E-state index in [2.05, 4.69) is 43.5 Å². The molecule has 0 spiro atoms. The first kappa shape index (κ1) is 13.8. The molecule has 21 heavy (non-hydrogen) atoms. The van der Waals surface area contributed by atoms with Crippen LogP contribution in [0.1, 0.15) is 45.4 Å². The first-order chi connectivity index (χ1) is 10.2. The number of nitrogens with zero attached hydrogens (tertiary/aromatic N) is 2. The van der Waals surface area contributed by atoms with E-state index < -0.39 is 0 Å². The molecule has 4 aliphatic rings.